The third-order valence-electron chi connectivity index (χ3n) is 4.27. The highest BCUT2D eigenvalue weighted by Crippen LogP contribution is 2.23. The molecule has 2 aromatic rings. The van der Waals surface area contributed by atoms with Gasteiger partial charge in [0.05, 0.1) is 12.2 Å². The number of imidazole rings is 1. The highest BCUT2D eigenvalue weighted by molar-refractivity contribution is 5.76. The Bertz CT molecular complexity index is 645. The third kappa shape index (κ3) is 3.05. The predicted octanol–water partition coefficient (Wildman–Crippen LogP) is 1.81. The van der Waals surface area contributed by atoms with Gasteiger partial charge < -0.3 is 9.47 Å². The number of amides is 1. The van der Waals surface area contributed by atoms with Crippen LogP contribution in [0.4, 0.5) is 0 Å². The van der Waals surface area contributed by atoms with Crippen LogP contribution < -0.4 is 0 Å². The van der Waals surface area contributed by atoms with Crippen LogP contribution >= 0.6 is 0 Å². The van der Waals surface area contributed by atoms with Crippen molar-refractivity contribution in [1.29, 1.82) is 0 Å². The summed E-state index contributed by atoms with van der Waals surface area (Å²) in [6, 6.07) is 0.342. The quantitative estimate of drug-likeness (QED) is 0.865. The van der Waals surface area contributed by atoms with Crippen LogP contribution in [0.15, 0.2) is 24.8 Å². The Morgan fingerprint density at radius 3 is 3.05 bits per heavy atom. The molecule has 0 spiro atoms. The van der Waals surface area contributed by atoms with Gasteiger partial charge in [-0.15, -0.1) is 0 Å². The molecule has 3 rings (SSSR count). The van der Waals surface area contributed by atoms with Gasteiger partial charge in [0, 0.05) is 38.1 Å². The van der Waals surface area contributed by atoms with E-state index in [4.69, 9.17) is 0 Å². The summed E-state index contributed by atoms with van der Waals surface area (Å²) >= 11 is 0. The minimum Gasteiger partial charge on any atom is -0.339 e. The third-order valence-corrected chi connectivity index (χ3v) is 4.27. The first-order valence-corrected chi connectivity index (χ1v) is 7.96. The maximum absolute atomic E-state index is 12.5. The molecular weight excluding hydrogens is 278 g/mol. The van der Waals surface area contributed by atoms with Crippen molar-refractivity contribution >= 4 is 5.91 Å². The zero-order valence-electron chi connectivity index (χ0n) is 13.3. The number of rotatable bonds is 4. The molecule has 1 fully saturated rings. The summed E-state index contributed by atoms with van der Waals surface area (Å²) in [4.78, 5) is 18.8. The smallest absolute Gasteiger partial charge is 0.244 e. The Hall–Kier alpha value is -2.11. The van der Waals surface area contributed by atoms with Gasteiger partial charge in [-0.1, -0.05) is 6.92 Å². The number of aryl methyl sites for hydroxylation is 2. The van der Waals surface area contributed by atoms with Crippen molar-refractivity contribution in [3.8, 4) is 0 Å². The Morgan fingerprint density at radius 1 is 1.45 bits per heavy atom. The van der Waals surface area contributed by atoms with E-state index in [2.05, 4.69) is 21.6 Å². The number of nitrogens with zero attached hydrogens (tertiary/aromatic N) is 5. The summed E-state index contributed by atoms with van der Waals surface area (Å²) in [5, 5.41) is 4.20. The molecule has 6 heteroatoms. The Kier molecular flexibility index (Phi) is 4.27. The van der Waals surface area contributed by atoms with Gasteiger partial charge in [0.25, 0.3) is 0 Å². The van der Waals surface area contributed by atoms with E-state index in [1.807, 2.05) is 30.4 Å². The molecule has 0 bridgehead atoms. The lowest BCUT2D eigenvalue weighted by atomic mass is 10.1. The minimum atomic E-state index is 0.144. The number of hydrogen-bond donors (Lipinski definition) is 0. The summed E-state index contributed by atoms with van der Waals surface area (Å²) in [5.41, 5.74) is 1.08. The van der Waals surface area contributed by atoms with Crippen molar-refractivity contribution in [2.24, 2.45) is 0 Å². The van der Waals surface area contributed by atoms with E-state index in [0.717, 1.165) is 43.7 Å². The maximum Gasteiger partial charge on any atom is 0.244 e. The van der Waals surface area contributed by atoms with Crippen LogP contribution in [-0.2, 0) is 17.8 Å². The summed E-state index contributed by atoms with van der Waals surface area (Å²) in [6.07, 6.45) is 10.6. The summed E-state index contributed by atoms with van der Waals surface area (Å²) in [6.45, 7) is 6.03. The van der Waals surface area contributed by atoms with E-state index in [1.165, 1.54) is 0 Å². The second kappa shape index (κ2) is 6.34. The van der Waals surface area contributed by atoms with Gasteiger partial charge in [0.2, 0.25) is 5.91 Å². The highest BCUT2D eigenvalue weighted by atomic mass is 16.2. The van der Waals surface area contributed by atoms with Crippen LogP contribution in [0.1, 0.15) is 37.2 Å². The Labute approximate surface area is 130 Å². The molecule has 0 aromatic carbocycles. The van der Waals surface area contributed by atoms with Crippen LogP contribution in [0.25, 0.3) is 0 Å². The first-order chi connectivity index (χ1) is 10.7. The van der Waals surface area contributed by atoms with E-state index in [0.29, 0.717) is 12.6 Å². The number of carbonyl (C=O) groups is 1. The van der Waals surface area contributed by atoms with Gasteiger partial charge in [-0.25, -0.2) is 4.98 Å². The predicted molar refractivity (Wildman–Crippen MR) is 83.4 cm³/mol. The van der Waals surface area contributed by atoms with Crippen molar-refractivity contribution in [2.75, 3.05) is 13.1 Å². The largest absolute Gasteiger partial charge is 0.339 e. The number of likely N-dealkylation sites (tertiary alicyclic amines) is 1. The van der Waals surface area contributed by atoms with Crippen LogP contribution in [0.3, 0.4) is 0 Å². The van der Waals surface area contributed by atoms with E-state index in [9.17, 15) is 4.79 Å². The molecule has 1 atom stereocenters. The fourth-order valence-corrected chi connectivity index (χ4v) is 3.15. The Balaban J connectivity index is 1.66. The lowest BCUT2D eigenvalue weighted by molar-refractivity contribution is -0.133. The fraction of sp³-hybridized carbons (Fsp3) is 0.562. The van der Waals surface area contributed by atoms with Crippen molar-refractivity contribution < 1.29 is 4.79 Å². The number of aromatic nitrogens is 4. The van der Waals surface area contributed by atoms with Gasteiger partial charge in [-0.2, -0.15) is 5.10 Å². The molecule has 1 saturated heterocycles. The Morgan fingerprint density at radius 2 is 2.32 bits per heavy atom. The van der Waals surface area contributed by atoms with E-state index in [-0.39, 0.29) is 5.91 Å². The topological polar surface area (TPSA) is 56.0 Å². The van der Waals surface area contributed by atoms with Crippen LogP contribution in [-0.4, -0.2) is 43.2 Å². The first kappa shape index (κ1) is 14.8. The van der Waals surface area contributed by atoms with Crippen LogP contribution in [0.2, 0.25) is 0 Å². The molecule has 1 aliphatic heterocycles. The molecule has 0 N–H and O–H groups in total. The number of carbonyl (C=O) groups excluding carboxylic acids is 1. The fourth-order valence-electron chi connectivity index (χ4n) is 3.15. The molecule has 1 amide bonds. The lowest BCUT2D eigenvalue weighted by Gasteiger charge is -2.34. The maximum atomic E-state index is 12.5. The lowest BCUT2D eigenvalue weighted by Crippen LogP contribution is -2.42. The highest BCUT2D eigenvalue weighted by Gasteiger charge is 2.25. The minimum absolute atomic E-state index is 0.144. The molecule has 0 aliphatic carbocycles. The molecule has 6 nitrogen and oxygen atoms in total. The number of hydrogen-bond acceptors (Lipinski definition) is 3. The zero-order chi connectivity index (χ0) is 15.5. The van der Waals surface area contributed by atoms with Gasteiger partial charge in [-0.3, -0.25) is 9.48 Å². The molecule has 3 heterocycles. The molecule has 0 radical (unpaired) electrons. The molecule has 2 aromatic heterocycles. The first-order valence-electron chi connectivity index (χ1n) is 7.96. The molecule has 118 valence electrons. The normalized spacial score (nSPS) is 18.6. The molecule has 0 unspecified atom stereocenters. The molecule has 22 heavy (non-hydrogen) atoms. The SMILES string of the molecule is CCc1nccn1[C@H]1CCCN(C(=O)Cn2cc(C)cn2)C1. The average molecular weight is 301 g/mol. The average Bonchev–Trinajstić information content (AvgIpc) is 3.16. The van der Waals surface area contributed by atoms with Gasteiger partial charge in [-0.05, 0) is 25.3 Å². The second-order valence-corrected chi connectivity index (χ2v) is 5.96. The molecule has 0 saturated carbocycles. The monoisotopic (exact) mass is 301 g/mol. The van der Waals surface area contributed by atoms with Crippen LogP contribution in [0, 0.1) is 6.92 Å². The van der Waals surface area contributed by atoms with Gasteiger partial charge in [0.15, 0.2) is 0 Å². The molecule has 1 aliphatic rings. The summed E-state index contributed by atoms with van der Waals surface area (Å²) in [7, 11) is 0. The zero-order valence-corrected chi connectivity index (χ0v) is 13.3. The van der Waals surface area contributed by atoms with Gasteiger partial charge in [0.1, 0.15) is 12.4 Å². The van der Waals surface area contributed by atoms with Crippen molar-refractivity contribution in [3.63, 3.8) is 0 Å². The van der Waals surface area contributed by atoms with Crippen molar-refractivity contribution in [3.05, 3.63) is 36.2 Å². The van der Waals surface area contributed by atoms with Crippen molar-refractivity contribution in [2.45, 2.75) is 45.7 Å². The van der Waals surface area contributed by atoms with E-state index in [1.54, 1.807) is 10.9 Å². The second-order valence-electron chi connectivity index (χ2n) is 5.96. The standard InChI is InChI=1S/C16H23N5O/c1-3-15-17-6-8-21(15)14-5-4-7-19(11-14)16(22)12-20-10-13(2)9-18-20/h6,8-10,14H,3-5,7,11-12H2,1-2H3/t14-/m0/s1. The summed E-state index contributed by atoms with van der Waals surface area (Å²) < 4.78 is 3.95. The number of piperidine rings is 1. The van der Waals surface area contributed by atoms with Crippen molar-refractivity contribution in [1.82, 2.24) is 24.2 Å². The van der Waals surface area contributed by atoms with Gasteiger partial charge >= 0.3 is 0 Å². The molecular formula is C16H23N5O. The van der Waals surface area contributed by atoms with E-state index < -0.39 is 0 Å². The van der Waals surface area contributed by atoms with Crippen LogP contribution in [0.5, 0.6) is 0 Å². The summed E-state index contributed by atoms with van der Waals surface area (Å²) in [5.74, 6) is 1.24. The van der Waals surface area contributed by atoms with E-state index >= 15 is 0 Å².